The van der Waals surface area contributed by atoms with Gasteiger partial charge in [-0.25, -0.2) is 0 Å². The summed E-state index contributed by atoms with van der Waals surface area (Å²) in [6.07, 6.45) is 1.41. The molecule has 0 radical (unpaired) electrons. The van der Waals surface area contributed by atoms with Crippen molar-refractivity contribution < 1.29 is 19.4 Å². The van der Waals surface area contributed by atoms with E-state index in [0.29, 0.717) is 0 Å². The van der Waals surface area contributed by atoms with E-state index in [0.717, 1.165) is 7.11 Å². The summed E-state index contributed by atoms with van der Waals surface area (Å²) in [7, 11) is 1.15. The van der Waals surface area contributed by atoms with Gasteiger partial charge in [0.15, 0.2) is 5.41 Å². The van der Waals surface area contributed by atoms with Gasteiger partial charge in [0.05, 0.1) is 7.11 Å². The highest BCUT2D eigenvalue weighted by atomic mass is 35.5. The Labute approximate surface area is 81.1 Å². The van der Waals surface area contributed by atoms with Gasteiger partial charge in [0.2, 0.25) is 0 Å². The number of hydrogen-bond donors (Lipinski definition) is 1. The van der Waals surface area contributed by atoms with E-state index in [1.165, 1.54) is 18.5 Å². The second kappa shape index (κ2) is 4.87. The Hall–Kier alpha value is -1.03. The van der Waals surface area contributed by atoms with Crippen molar-refractivity contribution >= 4 is 23.5 Å². The monoisotopic (exact) mass is 206 g/mol. The summed E-state index contributed by atoms with van der Waals surface area (Å²) in [5.41, 5.74) is -0.385. The van der Waals surface area contributed by atoms with Crippen LogP contribution < -0.4 is 0 Å². The number of methoxy groups -OCH3 is 1. The molecule has 0 fully saturated rings. The first-order valence-corrected chi connectivity index (χ1v) is 3.99. The summed E-state index contributed by atoms with van der Waals surface area (Å²) in [5.74, 6) is -2.01. The molecule has 5 heteroatoms. The molecule has 1 N–H and O–H groups in total. The molecule has 0 spiro atoms. The van der Waals surface area contributed by atoms with Gasteiger partial charge in [0.1, 0.15) is 0 Å². The molecule has 0 aromatic rings. The van der Waals surface area contributed by atoms with Gasteiger partial charge in [-0.05, 0) is 13.3 Å². The van der Waals surface area contributed by atoms with Gasteiger partial charge in [-0.3, -0.25) is 9.59 Å². The van der Waals surface area contributed by atoms with Gasteiger partial charge in [-0.15, -0.1) is 0 Å². The Bertz CT molecular complexity index is 236. The second-order valence-corrected chi connectivity index (χ2v) is 2.95. The van der Waals surface area contributed by atoms with E-state index in [1.54, 1.807) is 0 Å². The molecule has 0 aliphatic carbocycles. The number of allylic oxidation sites excluding steroid dienone is 1. The molecule has 0 aliphatic rings. The number of aliphatic carboxylic acids is 1. The number of carbonyl (C=O) groups excluding carboxylic acids is 1. The highest BCUT2D eigenvalue weighted by Gasteiger charge is 2.41. The maximum absolute atomic E-state index is 11.1. The molecule has 0 aliphatic heterocycles. The van der Waals surface area contributed by atoms with Crippen LogP contribution in [0.5, 0.6) is 0 Å². The summed E-state index contributed by atoms with van der Waals surface area (Å²) < 4.78 is 4.38. The van der Waals surface area contributed by atoms with Crippen LogP contribution >= 0.6 is 11.6 Å². The third-order valence-electron chi connectivity index (χ3n) is 1.72. The lowest BCUT2D eigenvalue weighted by Gasteiger charge is -2.19. The fraction of sp³-hybridized carbons (Fsp3) is 0.500. The number of halogens is 1. The SMILES string of the molecule is COC(=O)C(C)(C/C=C/Cl)C(=O)O. The zero-order valence-corrected chi connectivity index (χ0v) is 8.17. The van der Waals surface area contributed by atoms with Crippen LogP contribution in [0.2, 0.25) is 0 Å². The topological polar surface area (TPSA) is 63.6 Å². The molecule has 4 nitrogen and oxygen atoms in total. The van der Waals surface area contributed by atoms with Crippen LogP contribution in [0, 0.1) is 5.41 Å². The van der Waals surface area contributed by atoms with Gasteiger partial charge in [-0.1, -0.05) is 17.7 Å². The maximum atomic E-state index is 11.1. The summed E-state index contributed by atoms with van der Waals surface area (Å²) >= 11 is 5.23. The van der Waals surface area contributed by atoms with Crippen molar-refractivity contribution in [2.45, 2.75) is 13.3 Å². The number of esters is 1. The van der Waals surface area contributed by atoms with Crippen molar-refractivity contribution in [3.05, 3.63) is 11.6 Å². The number of carbonyl (C=O) groups is 2. The van der Waals surface area contributed by atoms with Crippen LogP contribution in [0.25, 0.3) is 0 Å². The Balaban J connectivity index is 4.72. The lowest BCUT2D eigenvalue weighted by molar-refractivity contribution is -0.165. The van der Waals surface area contributed by atoms with E-state index < -0.39 is 17.4 Å². The molecular formula is C8H11ClO4. The molecule has 1 atom stereocenters. The number of carboxylic acid groups (broad SMARTS) is 1. The standard InChI is InChI=1S/C8H11ClO4/c1-8(6(10)11,4-3-5-9)7(12)13-2/h3,5H,4H2,1-2H3,(H,10,11)/b5-3+. The van der Waals surface area contributed by atoms with E-state index in [-0.39, 0.29) is 6.42 Å². The lowest BCUT2D eigenvalue weighted by Crippen LogP contribution is -2.36. The van der Waals surface area contributed by atoms with Crippen LogP contribution in [0.15, 0.2) is 11.6 Å². The van der Waals surface area contributed by atoms with Crippen molar-refractivity contribution in [1.82, 2.24) is 0 Å². The average Bonchev–Trinajstić information content (AvgIpc) is 2.12. The molecule has 0 rings (SSSR count). The first-order chi connectivity index (χ1) is 5.99. The third kappa shape index (κ3) is 2.73. The van der Waals surface area contributed by atoms with Crippen LogP contribution in [0.4, 0.5) is 0 Å². The Kier molecular flexibility index (Phi) is 4.48. The van der Waals surface area contributed by atoms with Crippen LogP contribution in [-0.4, -0.2) is 24.2 Å². The minimum atomic E-state index is -1.56. The number of rotatable bonds is 4. The van der Waals surface area contributed by atoms with E-state index in [9.17, 15) is 9.59 Å². The molecular weight excluding hydrogens is 196 g/mol. The quantitative estimate of drug-likeness (QED) is 0.558. The summed E-state index contributed by atoms with van der Waals surface area (Å²) in [6.45, 7) is 1.29. The van der Waals surface area contributed by atoms with Crippen LogP contribution in [0.1, 0.15) is 13.3 Å². The van der Waals surface area contributed by atoms with E-state index in [4.69, 9.17) is 16.7 Å². The highest BCUT2D eigenvalue weighted by Crippen LogP contribution is 2.24. The highest BCUT2D eigenvalue weighted by molar-refractivity contribution is 6.25. The fourth-order valence-electron chi connectivity index (χ4n) is 0.763. The largest absolute Gasteiger partial charge is 0.480 e. The molecule has 0 heterocycles. The maximum Gasteiger partial charge on any atom is 0.323 e. The minimum Gasteiger partial charge on any atom is -0.480 e. The first-order valence-electron chi connectivity index (χ1n) is 3.56. The van der Waals surface area contributed by atoms with Gasteiger partial charge in [0.25, 0.3) is 0 Å². The molecule has 0 bridgehead atoms. The van der Waals surface area contributed by atoms with Crippen LogP contribution in [0.3, 0.4) is 0 Å². The molecule has 13 heavy (non-hydrogen) atoms. The smallest absolute Gasteiger partial charge is 0.323 e. The van der Waals surface area contributed by atoms with Gasteiger partial charge in [0, 0.05) is 5.54 Å². The average molecular weight is 207 g/mol. The van der Waals surface area contributed by atoms with Crippen molar-refractivity contribution in [2.24, 2.45) is 5.41 Å². The first kappa shape index (κ1) is 12.0. The van der Waals surface area contributed by atoms with Gasteiger partial charge >= 0.3 is 11.9 Å². The van der Waals surface area contributed by atoms with Crippen molar-refractivity contribution in [1.29, 1.82) is 0 Å². The van der Waals surface area contributed by atoms with Crippen molar-refractivity contribution in [3.8, 4) is 0 Å². The molecule has 0 saturated heterocycles. The molecule has 74 valence electrons. The van der Waals surface area contributed by atoms with E-state index >= 15 is 0 Å². The Morgan fingerprint density at radius 1 is 1.62 bits per heavy atom. The molecule has 1 unspecified atom stereocenters. The Morgan fingerprint density at radius 3 is 2.46 bits per heavy atom. The van der Waals surface area contributed by atoms with Gasteiger partial charge < -0.3 is 9.84 Å². The predicted molar refractivity (Wildman–Crippen MR) is 47.4 cm³/mol. The molecule has 0 aromatic carbocycles. The predicted octanol–water partition coefficient (Wildman–Crippen LogP) is 1.39. The number of hydrogen-bond acceptors (Lipinski definition) is 3. The second-order valence-electron chi connectivity index (χ2n) is 2.69. The number of ether oxygens (including phenoxy) is 1. The summed E-state index contributed by atoms with van der Waals surface area (Å²) in [4.78, 5) is 21.9. The normalized spacial score (nSPS) is 15.3. The van der Waals surface area contributed by atoms with E-state index in [2.05, 4.69) is 4.74 Å². The third-order valence-corrected chi connectivity index (χ3v) is 1.90. The van der Waals surface area contributed by atoms with E-state index in [1.807, 2.05) is 0 Å². The zero-order chi connectivity index (χ0) is 10.5. The molecule has 0 saturated carbocycles. The molecule has 0 amide bonds. The summed E-state index contributed by atoms with van der Waals surface area (Å²) in [5, 5.41) is 8.78. The molecule has 0 aromatic heterocycles. The van der Waals surface area contributed by atoms with Crippen LogP contribution in [-0.2, 0) is 14.3 Å². The number of carboxylic acids is 1. The minimum absolute atomic E-state index is 0.0124. The Morgan fingerprint density at radius 2 is 2.15 bits per heavy atom. The van der Waals surface area contributed by atoms with Crippen molar-refractivity contribution in [2.75, 3.05) is 7.11 Å². The fourth-order valence-corrected chi connectivity index (χ4v) is 0.853. The van der Waals surface area contributed by atoms with Gasteiger partial charge in [-0.2, -0.15) is 0 Å². The zero-order valence-electron chi connectivity index (χ0n) is 7.41. The lowest BCUT2D eigenvalue weighted by atomic mass is 9.87. The summed E-state index contributed by atoms with van der Waals surface area (Å²) in [6, 6.07) is 0. The van der Waals surface area contributed by atoms with Crippen molar-refractivity contribution in [3.63, 3.8) is 0 Å².